The number of hydrogen-bond acceptors (Lipinski definition) is 4. The molecule has 7 heteroatoms. The Morgan fingerprint density at radius 3 is 2.59 bits per heavy atom. The van der Waals surface area contributed by atoms with E-state index in [1.807, 2.05) is 41.8 Å². The van der Waals surface area contributed by atoms with E-state index < -0.39 is 0 Å². The number of nitrogens with one attached hydrogen (secondary N) is 2. The number of amides is 2. The third-order valence-corrected chi connectivity index (χ3v) is 4.42. The molecule has 1 heterocycles. The van der Waals surface area contributed by atoms with E-state index in [9.17, 15) is 9.59 Å². The van der Waals surface area contributed by atoms with Crippen LogP contribution in [0.25, 0.3) is 0 Å². The number of rotatable bonds is 4. The van der Waals surface area contributed by atoms with Crippen molar-refractivity contribution in [3.63, 3.8) is 0 Å². The monoisotopic (exact) mass is 343 g/mol. The van der Waals surface area contributed by atoms with E-state index >= 15 is 0 Å². The molecule has 0 bridgehead atoms. The molecular weight excluding hydrogens is 322 g/mol. The van der Waals surface area contributed by atoms with E-state index in [1.165, 1.54) is 0 Å². The lowest BCUT2D eigenvalue weighted by atomic mass is 10.1. The lowest BCUT2D eigenvalue weighted by molar-refractivity contribution is -0.115. The summed E-state index contributed by atoms with van der Waals surface area (Å²) >= 11 is 1.87. The summed E-state index contributed by atoms with van der Waals surface area (Å²) < 4.78 is 0. The van der Waals surface area contributed by atoms with Crippen LogP contribution in [-0.2, 0) is 4.79 Å². The molecule has 0 aliphatic carbocycles. The fourth-order valence-electron chi connectivity index (χ4n) is 2.29. The van der Waals surface area contributed by atoms with Crippen LogP contribution in [0.1, 0.15) is 15.9 Å². The van der Waals surface area contributed by atoms with Gasteiger partial charge in [0, 0.05) is 35.8 Å². The van der Waals surface area contributed by atoms with Gasteiger partial charge in [-0.05, 0) is 31.7 Å². The zero-order valence-electron chi connectivity index (χ0n) is 12.8. The quantitative estimate of drug-likeness (QED) is 0.874. The van der Waals surface area contributed by atoms with Gasteiger partial charge in [-0.2, -0.15) is 11.8 Å². The van der Waals surface area contributed by atoms with Crippen molar-refractivity contribution in [2.45, 2.75) is 6.92 Å². The largest absolute Gasteiger partial charge is 0.337 e. The summed E-state index contributed by atoms with van der Waals surface area (Å²) in [6.45, 7) is 3.71. The number of carbonyl (C=O) groups excluding carboxylic acids is 2. The van der Waals surface area contributed by atoms with Crippen LogP contribution in [0.4, 0.5) is 5.69 Å². The Balaban J connectivity index is 0.00000242. The van der Waals surface area contributed by atoms with Crippen LogP contribution in [0.2, 0.25) is 0 Å². The fraction of sp³-hybridized carbons (Fsp3) is 0.467. The summed E-state index contributed by atoms with van der Waals surface area (Å²) in [6.07, 6.45) is 0. The molecule has 2 amide bonds. The van der Waals surface area contributed by atoms with Crippen molar-refractivity contribution >= 4 is 41.7 Å². The Bertz CT molecular complexity index is 534. The molecule has 2 N–H and O–H groups in total. The maximum atomic E-state index is 12.6. The number of likely N-dealkylation sites (N-methyl/N-ethyl adjacent to an activating group) is 1. The van der Waals surface area contributed by atoms with Gasteiger partial charge in [-0.3, -0.25) is 9.59 Å². The van der Waals surface area contributed by atoms with Crippen molar-refractivity contribution in [2.75, 3.05) is 43.5 Å². The van der Waals surface area contributed by atoms with Crippen LogP contribution in [0.3, 0.4) is 0 Å². The van der Waals surface area contributed by atoms with Crippen molar-refractivity contribution in [1.29, 1.82) is 0 Å². The van der Waals surface area contributed by atoms with Crippen molar-refractivity contribution in [3.05, 3.63) is 29.3 Å². The molecule has 1 fully saturated rings. The maximum Gasteiger partial charge on any atom is 0.254 e. The second-order valence-corrected chi connectivity index (χ2v) is 6.19. The fourth-order valence-corrected chi connectivity index (χ4v) is 3.20. The molecule has 1 aliphatic heterocycles. The molecule has 0 unspecified atom stereocenters. The number of carbonyl (C=O) groups is 2. The average molecular weight is 344 g/mol. The highest BCUT2D eigenvalue weighted by atomic mass is 35.5. The topological polar surface area (TPSA) is 61.4 Å². The van der Waals surface area contributed by atoms with Crippen LogP contribution >= 0.6 is 24.2 Å². The molecular formula is C15H22ClN3O2S. The van der Waals surface area contributed by atoms with Crippen LogP contribution in [-0.4, -0.2) is 54.9 Å². The minimum absolute atomic E-state index is 0. The van der Waals surface area contributed by atoms with Crippen LogP contribution in [0.15, 0.2) is 18.2 Å². The Morgan fingerprint density at radius 1 is 1.27 bits per heavy atom. The van der Waals surface area contributed by atoms with Crippen molar-refractivity contribution < 1.29 is 9.59 Å². The lowest BCUT2D eigenvalue weighted by Gasteiger charge is -2.27. The predicted molar refractivity (Wildman–Crippen MR) is 94.2 cm³/mol. The highest BCUT2D eigenvalue weighted by molar-refractivity contribution is 7.99. The zero-order valence-corrected chi connectivity index (χ0v) is 14.5. The van der Waals surface area contributed by atoms with Gasteiger partial charge < -0.3 is 15.5 Å². The van der Waals surface area contributed by atoms with E-state index in [-0.39, 0.29) is 30.8 Å². The van der Waals surface area contributed by atoms with Gasteiger partial charge in [-0.15, -0.1) is 12.4 Å². The maximum absolute atomic E-state index is 12.6. The van der Waals surface area contributed by atoms with E-state index in [1.54, 1.807) is 7.05 Å². The molecule has 0 spiro atoms. The molecule has 2 rings (SSSR count). The number of hydrogen-bond donors (Lipinski definition) is 2. The number of benzene rings is 1. The Kier molecular flexibility index (Phi) is 7.72. The van der Waals surface area contributed by atoms with E-state index in [0.717, 1.165) is 30.2 Å². The second-order valence-electron chi connectivity index (χ2n) is 4.96. The molecule has 22 heavy (non-hydrogen) atoms. The first kappa shape index (κ1) is 18.8. The van der Waals surface area contributed by atoms with E-state index in [4.69, 9.17) is 0 Å². The minimum Gasteiger partial charge on any atom is -0.337 e. The summed E-state index contributed by atoms with van der Waals surface area (Å²) in [7, 11) is 1.72. The second kappa shape index (κ2) is 9.02. The SMILES string of the molecule is CNCC(=O)Nc1cccc(C(=O)N2CCSCC2)c1C.Cl. The zero-order chi connectivity index (χ0) is 15.2. The Morgan fingerprint density at radius 2 is 1.95 bits per heavy atom. The number of anilines is 1. The number of nitrogens with zero attached hydrogens (tertiary/aromatic N) is 1. The van der Waals surface area contributed by atoms with Gasteiger partial charge in [-0.25, -0.2) is 0 Å². The average Bonchev–Trinajstić information content (AvgIpc) is 2.50. The molecule has 0 radical (unpaired) electrons. The van der Waals surface area contributed by atoms with Gasteiger partial charge in [0.1, 0.15) is 0 Å². The highest BCUT2D eigenvalue weighted by Crippen LogP contribution is 2.21. The van der Waals surface area contributed by atoms with Crippen molar-refractivity contribution in [2.24, 2.45) is 0 Å². The van der Waals surface area contributed by atoms with Gasteiger partial charge in [-0.1, -0.05) is 6.07 Å². The molecule has 122 valence electrons. The molecule has 0 saturated carbocycles. The normalized spacial score (nSPS) is 14.2. The molecule has 5 nitrogen and oxygen atoms in total. The third kappa shape index (κ3) is 4.63. The molecule has 1 aromatic carbocycles. The Labute approximate surface area is 141 Å². The van der Waals surface area contributed by atoms with Gasteiger partial charge >= 0.3 is 0 Å². The summed E-state index contributed by atoms with van der Waals surface area (Å²) in [5, 5.41) is 5.64. The van der Waals surface area contributed by atoms with Crippen LogP contribution in [0.5, 0.6) is 0 Å². The highest BCUT2D eigenvalue weighted by Gasteiger charge is 2.21. The number of thioether (sulfide) groups is 1. The van der Waals surface area contributed by atoms with Crippen LogP contribution < -0.4 is 10.6 Å². The summed E-state index contributed by atoms with van der Waals surface area (Å²) in [4.78, 5) is 26.1. The number of halogens is 1. The molecule has 1 aromatic rings. The van der Waals surface area contributed by atoms with Gasteiger partial charge in [0.25, 0.3) is 5.91 Å². The first-order valence-electron chi connectivity index (χ1n) is 7.04. The standard InChI is InChI=1S/C15H21N3O2S.ClH/c1-11-12(15(20)18-6-8-21-9-7-18)4-3-5-13(11)17-14(19)10-16-2;/h3-5,16H,6-10H2,1-2H3,(H,17,19);1H. The molecule has 0 atom stereocenters. The lowest BCUT2D eigenvalue weighted by Crippen LogP contribution is -2.38. The summed E-state index contributed by atoms with van der Waals surface area (Å²) in [6, 6.07) is 5.47. The molecule has 1 saturated heterocycles. The first-order valence-corrected chi connectivity index (χ1v) is 8.20. The molecule has 1 aliphatic rings. The van der Waals surface area contributed by atoms with Crippen LogP contribution in [0, 0.1) is 6.92 Å². The predicted octanol–water partition coefficient (Wildman–Crippen LogP) is 1.76. The van der Waals surface area contributed by atoms with E-state index in [0.29, 0.717) is 11.3 Å². The van der Waals surface area contributed by atoms with Gasteiger partial charge in [0.15, 0.2) is 0 Å². The first-order chi connectivity index (χ1) is 10.1. The van der Waals surface area contributed by atoms with Crippen molar-refractivity contribution in [3.8, 4) is 0 Å². The third-order valence-electron chi connectivity index (χ3n) is 3.47. The van der Waals surface area contributed by atoms with Gasteiger partial charge in [0.05, 0.1) is 6.54 Å². The van der Waals surface area contributed by atoms with Crippen molar-refractivity contribution in [1.82, 2.24) is 10.2 Å². The Hall–Kier alpha value is -1.24. The summed E-state index contributed by atoms with van der Waals surface area (Å²) in [5.41, 5.74) is 2.20. The smallest absolute Gasteiger partial charge is 0.254 e. The van der Waals surface area contributed by atoms with Gasteiger partial charge in [0.2, 0.25) is 5.91 Å². The van der Waals surface area contributed by atoms with E-state index in [2.05, 4.69) is 10.6 Å². The minimum atomic E-state index is -0.112. The summed E-state index contributed by atoms with van der Waals surface area (Å²) in [5.74, 6) is 1.92. The molecule has 0 aromatic heterocycles.